The smallest absolute Gasteiger partial charge is 0.258 e. The summed E-state index contributed by atoms with van der Waals surface area (Å²) in [6.45, 7) is 4.91. The molecule has 1 aliphatic heterocycles. The van der Waals surface area contributed by atoms with Crippen LogP contribution < -0.4 is 10.1 Å². The Bertz CT molecular complexity index is 542. The van der Waals surface area contributed by atoms with Crippen LogP contribution in [-0.4, -0.2) is 48.7 Å². The Morgan fingerprint density at radius 1 is 1.52 bits per heavy atom. The number of benzene rings is 1. The first-order valence-electron chi connectivity index (χ1n) is 7.66. The third kappa shape index (κ3) is 4.75. The standard InChI is InChI=1S/C16H23BrN2O3.ClH/c1-3-8-19-9-4-5-11(19)10-18-16(21)14-13(20)7-6-12(17)15(14)22-2;/h6-7,11,20H,3-5,8-10H2,1-2H3,(H,18,21);1H. The van der Waals surface area contributed by atoms with E-state index in [1.165, 1.54) is 19.6 Å². The van der Waals surface area contributed by atoms with Crippen LogP contribution in [0.5, 0.6) is 11.5 Å². The molecule has 1 amide bonds. The summed E-state index contributed by atoms with van der Waals surface area (Å²) in [5, 5.41) is 12.9. The quantitative estimate of drug-likeness (QED) is 0.760. The monoisotopic (exact) mass is 406 g/mol. The normalized spacial score (nSPS) is 17.6. The summed E-state index contributed by atoms with van der Waals surface area (Å²) in [7, 11) is 1.48. The number of phenolic OH excluding ortho intramolecular Hbond substituents is 1. The molecule has 1 atom stereocenters. The van der Waals surface area contributed by atoms with Gasteiger partial charge < -0.3 is 15.2 Å². The zero-order chi connectivity index (χ0) is 16.1. The van der Waals surface area contributed by atoms with Crippen molar-refractivity contribution in [2.75, 3.05) is 26.7 Å². The number of nitrogens with one attached hydrogen (secondary N) is 1. The predicted octanol–water partition coefficient (Wildman–Crippen LogP) is 3.19. The average Bonchev–Trinajstić information content (AvgIpc) is 2.94. The number of hydrogen-bond donors (Lipinski definition) is 2. The summed E-state index contributed by atoms with van der Waals surface area (Å²) in [6, 6.07) is 3.52. The molecular weight excluding hydrogens is 384 g/mol. The number of likely N-dealkylation sites (tertiary alicyclic amines) is 1. The molecule has 2 N–H and O–H groups in total. The maximum Gasteiger partial charge on any atom is 0.258 e. The van der Waals surface area contributed by atoms with Crippen LogP contribution in [0.4, 0.5) is 0 Å². The molecule has 5 nitrogen and oxygen atoms in total. The first kappa shape index (κ1) is 20.1. The number of ether oxygens (including phenoxy) is 1. The maximum absolute atomic E-state index is 12.4. The van der Waals surface area contributed by atoms with Crippen LogP contribution in [0.25, 0.3) is 0 Å². The van der Waals surface area contributed by atoms with Gasteiger partial charge in [-0.05, 0) is 60.4 Å². The summed E-state index contributed by atoms with van der Waals surface area (Å²) in [6.07, 6.45) is 3.39. The lowest BCUT2D eigenvalue weighted by atomic mass is 10.1. The molecule has 1 unspecified atom stereocenters. The van der Waals surface area contributed by atoms with E-state index in [0.29, 0.717) is 22.8 Å². The number of halogens is 2. The summed E-state index contributed by atoms with van der Waals surface area (Å²) in [5.74, 6) is -0.0253. The van der Waals surface area contributed by atoms with Crippen molar-refractivity contribution >= 4 is 34.2 Å². The van der Waals surface area contributed by atoms with Crippen molar-refractivity contribution in [1.82, 2.24) is 10.2 Å². The van der Waals surface area contributed by atoms with Crippen molar-refractivity contribution in [3.8, 4) is 11.5 Å². The molecule has 1 aromatic carbocycles. The second kappa shape index (κ2) is 9.35. The van der Waals surface area contributed by atoms with Gasteiger partial charge in [-0.25, -0.2) is 0 Å². The molecule has 1 heterocycles. The number of phenols is 1. The van der Waals surface area contributed by atoms with Crippen LogP contribution in [-0.2, 0) is 0 Å². The topological polar surface area (TPSA) is 61.8 Å². The maximum atomic E-state index is 12.4. The van der Waals surface area contributed by atoms with Crippen molar-refractivity contribution in [1.29, 1.82) is 0 Å². The number of amides is 1. The first-order valence-corrected chi connectivity index (χ1v) is 8.45. The molecule has 23 heavy (non-hydrogen) atoms. The van der Waals surface area contributed by atoms with Crippen LogP contribution in [0.1, 0.15) is 36.5 Å². The zero-order valence-electron chi connectivity index (χ0n) is 13.5. The van der Waals surface area contributed by atoms with E-state index in [9.17, 15) is 9.90 Å². The van der Waals surface area contributed by atoms with E-state index in [-0.39, 0.29) is 29.6 Å². The van der Waals surface area contributed by atoms with Crippen LogP contribution in [0.3, 0.4) is 0 Å². The molecule has 7 heteroatoms. The molecule has 0 saturated carbocycles. The Balaban J connectivity index is 0.00000264. The molecule has 0 bridgehead atoms. The molecule has 1 aromatic rings. The molecule has 0 radical (unpaired) electrons. The Labute approximate surface area is 151 Å². The van der Waals surface area contributed by atoms with Crippen molar-refractivity contribution < 1.29 is 14.6 Å². The van der Waals surface area contributed by atoms with Gasteiger partial charge in [-0.3, -0.25) is 9.69 Å². The van der Waals surface area contributed by atoms with Crippen LogP contribution >= 0.6 is 28.3 Å². The minimum absolute atomic E-state index is 0. The van der Waals surface area contributed by atoms with Gasteiger partial charge in [0.25, 0.3) is 5.91 Å². The lowest BCUT2D eigenvalue weighted by Gasteiger charge is -2.24. The van der Waals surface area contributed by atoms with Crippen LogP contribution in [0.2, 0.25) is 0 Å². The van der Waals surface area contributed by atoms with Crippen molar-refractivity contribution in [3.05, 3.63) is 22.2 Å². The third-order valence-corrected chi connectivity index (χ3v) is 4.65. The van der Waals surface area contributed by atoms with Gasteiger partial charge in [-0.1, -0.05) is 6.92 Å². The summed E-state index contributed by atoms with van der Waals surface area (Å²) < 4.78 is 5.88. The molecule has 1 aliphatic rings. The highest BCUT2D eigenvalue weighted by Gasteiger charge is 2.25. The van der Waals surface area contributed by atoms with Gasteiger partial charge in [0, 0.05) is 12.6 Å². The number of rotatable bonds is 6. The number of methoxy groups -OCH3 is 1. The molecule has 130 valence electrons. The van der Waals surface area contributed by atoms with E-state index in [1.807, 2.05) is 0 Å². The van der Waals surface area contributed by atoms with Gasteiger partial charge in [0.05, 0.1) is 11.6 Å². The second-order valence-electron chi connectivity index (χ2n) is 5.52. The van der Waals surface area contributed by atoms with Crippen LogP contribution in [0, 0.1) is 0 Å². The molecule has 0 aromatic heterocycles. The van der Waals surface area contributed by atoms with E-state index in [0.717, 1.165) is 25.9 Å². The molecule has 0 aliphatic carbocycles. The summed E-state index contributed by atoms with van der Waals surface area (Å²) in [5.41, 5.74) is 0.178. The SMILES string of the molecule is CCCN1CCCC1CNC(=O)c1c(O)ccc(Br)c1OC.Cl. The molecule has 2 rings (SSSR count). The van der Waals surface area contributed by atoms with E-state index >= 15 is 0 Å². The number of hydrogen-bond acceptors (Lipinski definition) is 4. The van der Waals surface area contributed by atoms with Gasteiger partial charge in [-0.2, -0.15) is 0 Å². The zero-order valence-corrected chi connectivity index (χ0v) is 15.9. The van der Waals surface area contributed by atoms with E-state index in [2.05, 4.69) is 33.1 Å². The summed E-state index contributed by atoms with van der Waals surface area (Å²) in [4.78, 5) is 14.8. The second-order valence-corrected chi connectivity index (χ2v) is 6.37. The highest BCUT2D eigenvalue weighted by atomic mass is 79.9. The van der Waals surface area contributed by atoms with Crippen molar-refractivity contribution in [3.63, 3.8) is 0 Å². The van der Waals surface area contributed by atoms with E-state index in [4.69, 9.17) is 4.74 Å². The Kier molecular flexibility index (Phi) is 8.16. The fraction of sp³-hybridized carbons (Fsp3) is 0.562. The first-order chi connectivity index (χ1) is 10.6. The van der Waals surface area contributed by atoms with Gasteiger partial charge >= 0.3 is 0 Å². The fourth-order valence-corrected chi connectivity index (χ4v) is 3.46. The fourth-order valence-electron chi connectivity index (χ4n) is 2.97. The highest BCUT2D eigenvalue weighted by Crippen LogP contribution is 2.34. The minimum atomic E-state index is -0.306. The van der Waals surface area contributed by atoms with Gasteiger partial charge in [0.2, 0.25) is 0 Å². The largest absolute Gasteiger partial charge is 0.507 e. The number of nitrogens with zero attached hydrogens (tertiary/aromatic N) is 1. The highest BCUT2D eigenvalue weighted by molar-refractivity contribution is 9.10. The molecule has 1 saturated heterocycles. The van der Waals surface area contributed by atoms with Gasteiger partial charge in [0.15, 0.2) is 0 Å². The Morgan fingerprint density at radius 3 is 2.91 bits per heavy atom. The Hall–Kier alpha value is -0.980. The molecular formula is C16H24BrClN2O3. The number of carbonyl (C=O) groups is 1. The van der Waals surface area contributed by atoms with Gasteiger partial charge in [0.1, 0.15) is 17.1 Å². The minimum Gasteiger partial charge on any atom is -0.507 e. The molecule has 1 fully saturated rings. The summed E-state index contributed by atoms with van der Waals surface area (Å²) >= 11 is 3.33. The third-order valence-electron chi connectivity index (χ3n) is 4.03. The predicted molar refractivity (Wildman–Crippen MR) is 96.8 cm³/mol. The van der Waals surface area contributed by atoms with E-state index < -0.39 is 0 Å². The van der Waals surface area contributed by atoms with Crippen molar-refractivity contribution in [2.45, 2.75) is 32.2 Å². The Morgan fingerprint density at radius 2 is 2.26 bits per heavy atom. The van der Waals surface area contributed by atoms with Crippen molar-refractivity contribution in [2.24, 2.45) is 0 Å². The lowest BCUT2D eigenvalue weighted by molar-refractivity contribution is 0.0934. The number of carbonyl (C=O) groups excluding carboxylic acids is 1. The van der Waals surface area contributed by atoms with Gasteiger partial charge in [-0.15, -0.1) is 12.4 Å². The average molecular weight is 408 g/mol. The van der Waals surface area contributed by atoms with E-state index in [1.54, 1.807) is 6.07 Å². The lowest BCUT2D eigenvalue weighted by Crippen LogP contribution is -2.40. The number of aromatic hydroxyl groups is 1. The molecule has 0 spiro atoms. The van der Waals surface area contributed by atoms with Crippen LogP contribution in [0.15, 0.2) is 16.6 Å².